The van der Waals surface area contributed by atoms with Gasteiger partial charge in [-0.15, -0.1) is 0 Å². The molecule has 1 aromatic heterocycles. The maximum Gasteiger partial charge on any atom is 0.122 e. The fourth-order valence-electron chi connectivity index (χ4n) is 2.44. The highest BCUT2D eigenvalue weighted by Crippen LogP contribution is 2.26. The van der Waals surface area contributed by atoms with Crippen LogP contribution in [-0.4, -0.2) is 16.1 Å². The Morgan fingerprint density at radius 1 is 1.56 bits per heavy atom. The topological polar surface area (TPSA) is 48.1 Å². The Morgan fingerprint density at radius 3 is 3.11 bits per heavy atom. The van der Waals surface area contributed by atoms with Crippen molar-refractivity contribution in [1.82, 2.24) is 4.98 Å². The Kier molecular flexibility index (Phi) is 4.66. The van der Waals surface area contributed by atoms with Gasteiger partial charge in [0.25, 0.3) is 0 Å². The van der Waals surface area contributed by atoms with Crippen molar-refractivity contribution in [3.63, 3.8) is 0 Å². The zero-order chi connectivity index (χ0) is 13.0. The van der Waals surface area contributed by atoms with E-state index in [4.69, 9.17) is 22.7 Å². The van der Waals surface area contributed by atoms with Crippen LogP contribution in [0.2, 0.25) is 0 Å². The number of hydrogen-bond acceptors (Lipinski definition) is 3. The minimum absolute atomic E-state index is 0.336. The second kappa shape index (κ2) is 6.25. The van der Waals surface area contributed by atoms with Crippen LogP contribution in [0.4, 0.5) is 0 Å². The second-order valence-electron chi connectivity index (χ2n) is 5.12. The maximum atomic E-state index is 5.96. The van der Waals surface area contributed by atoms with E-state index in [1.807, 2.05) is 12.1 Å². The maximum absolute atomic E-state index is 5.96. The number of nitrogens with zero attached hydrogens (tertiary/aromatic N) is 1. The Balaban J connectivity index is 1.89. The molecule has 1 fully saturated rings. The van der Waals surface area contributed by atoms with Crippen LogP contribution in [0.15, 0.2) is 18.3 Å². The zero-order valence-electron chi connectivity index (χ0n) is 10.8. The summed E-state index contributed by atoms with van der Waals surface area (Å²) in [5.74, 6) is 0.786. The molecular formula is C14H20N2OS. The summed E-state index contributed by atoms with van der Waals surface area (Å²) in [6, 6.07) is 3.86. The van der Waals surface area contributed by atoms with Crippen molar-refractivity contribution in [3.05, 3.63) is 29.6 Å². The van der Waals surface area contributed by atoms with Gasteiger partial charge < -0.3 is 10.5 Å². The van der Waals surface area contributed by atoms with E-state index in [0.717, 1.165) is 11.5 Å². The minimum atomic E-state index is 0.336. The molecule has 0 bridgehead atoms. The molecule has 1 saturated carbocycles. The van der Waals surface area contributed by atoms with Crippen LogP contribution >= 0.6 is 12.2 Å². The first kappa shape index (κ1) is 13.4. The van der Waals surface area contributed by atoms with Crippen LogP contribution in [0, 0.1) is 5.92 Å². The lowest BCUT2D eigenvalue weighted by molar-refractivity contribution is 0.00464. The van der Waals surface area contributed by atoms with Crippen molar-refractivity contribution in [2.45, 2.75) is 45.3 Å². The number of thiocarbonyl (C=S) groups is 1. The van der Waals surface area contributed by atoms with Gasteiger partial charge in [-0.1, -0.05) is 32.0 Å². The van der Waals surface area contributed by atoms with Crippen LogP contribution in [0.5, 0.6) is 0 Å². The predicted octanol–water partition coefficient (Wildman–Crippen LogP) is 2.81. The van der Waals surface area contributed by atoms with Gasteiger partial charge in [0.2, 0.25) is 0 Å². The highest BCUT2D eigenvalue weighted by atomic mass is 32.1. The molecule has 98 valence electrons. The standard InChI is InChI=1S/C14H20N2OS/c1-10-3-2-4-12(7-10)17-9-11-5-6-16-13(8-11)14(15)18/h5-6,8,10,12H,2-4,7,9H2,1H3,(H2,15,18). The van der Waals surface area contributed by atoms with Crippen molar-refractivity contribution in [2.75, 3.05) is 0 Å². The zero-order valence-corrected chi connectivity index (χ0v) is 11.6. The van der Waals surface area contributed by atoms with Gasteiger partial charge in [-0.2, -0.15) is 0 Å². The molecule has 0 saturated heterocycles. The Labute approximate surface area is 114 Å². The number of nitrogens with two attached hydrogens (primary N) is 1. The quantitative estimate of drug-likeness (QED) is 0.850. The lowest BCUT2D eigenvalue weighted by Gasteiger charge is -2.26. The van der Waals surface area contributed by atoms with E-state index >= 15 is 0 Å². The summed E-state index contributed by atoms with van der Waals surface area (Å²) in [5, 5.41) is 0. The molecule has 1 aromatic rings. The first-order chi connectivity index (χ1) is 8.65. The van der Waals surface area contributed by atoms with Crippen molar-refractivity contribution in [2.24, 2.45) is 11.7 Å². The summed E-state index contributed by atoms with van der Waals surface area (Å²) in [6.07, 6.45) is 7.10. The normalized spacial score (nSPS) is 23.8. The molecule has 2 atom stereocenters. The van der Waals surface area contributed by atoms with Crippen LogP contribution in [0.1, 0.15) is 43.9 Å². The molecule has 0 radical (unpaired) electrons. The summed E-state index contributed by atoms with van der Waals surface area (Å²) in [5.41, 5.74) is 7.33. The smallest absolute Gasteiger partial charge is 0.122 e. The van der Waals surface area contributed by atoms with E-state index in [9.17, 15) is 0 Å². The molecule has 4 heteroatoms. The molecule has 1 heterocycles. The Hall–Kier alpha value is -1.00. The number of hydrogen-bond donors (Lipinski definition) is 1. The summed E-state index contributed by atoms with van der Waals surface area (Å²) in [6.45, 7) is 2.92. The monoisotopic (exact) mass is 264 g/mol. The lowest BCUT2D eigenvalue weighted by atomic mass is 9.89. The average molecular weight is 264 g/mol. The van der Waals surface area contributed by atoms with Crippen LogP contribution < -0.4 is 5.73 Å². The van der Waals surface area contributed by atoms with E-state index in [1.54, 1.807) is 6.20 Å². The number of pyridine rings is 1. The fourth-order valence-corrected chi connectivity index (χ4v) is 2.55. The molecule has 1 aliphatic carbocycles. The van der Waals surface area contributed by atoms with Crippen LogP contribution in [-0.2, 0) is 11.3 Å². The number of ether oxygens (including phenoxy) is 1. The minimum Gasteiger partial charge on any atom is -0.388 e. The van der Waals surface area contributed by atoms with Crippen molar-refractivity contribution in [3.8, 4) is 0 Å². The predicted molar refractivity (Wildman–Crippen MR) is 76.3 cm³/mol. The fraction of sp³-hybridized carbons (Fsp3) is 0.571. The van der Waals surface area contributed by atoms with Gasteiger partial charge in [-0.3, -0.25) is 4.98 Å². The SMILES string of the molecule is CC1CCCC(OCc2ccnc(C(N)=S)c2)C1. The van der Waals surface area contributed by atoms with E-state index in [2.05, 4.69) is 11.9 Å². The molecule has 2 N–H and O–H groups in total. The van der Waals surface area contributed by atoms with Gasteiger partial charge in [-0.25, -0.2) is 0 Å². The molecule has 2 unspecified atom stereocenters. The average Bonchev–Trinajstić information content (AvgIpc) is 2.37. The van der Waals surface area contributed by atoms with E-state index < -0.39 is 0 Å². The summed E-state index contributed by atoms with van der Waals surface area (Å²) < 4.78 is 5.96. The molecule has 2 rings (SSSR count). The van der Waals surface area contributed by atoms with Crippen molar-refractivity contribution >= 4 is 17.2 Å². The number of aromatic nitrogens is 1. The van der Waals surface area contributed by atoms with E-state index in [-0.39, 0.29) is 0 Å². The van der Waals surface area contributed by atoms with Gasteiger partial charge in [-0.05, 0) is 36.5 Å². The number of rotatable bonds is 4. The molecule has 3 nitrogen and oxygen atoms in total. The molecular weight excluding hydrogens is 244 g/mol. The lowest BCUT2D eigenvalue weighted by Crippen LogP contribution is -2.21. The summed E-state index contributed by atoms with van der Waals surface area (Å²) in [4.78, 5) is 4.46. The van der Waals surface area contributed by atoms with E-state index in [1.165, 1.54) is 25.7 Å². The highest BCUT2D eigenvalue weighted by Gasteiger charge is 2.19. The Bertz CT molecular complexity index is 422. The molecule has 0 aromatic carbocycles. The van der Waals surface area contributed by atoms with E-state index in [0.29, 0.717) is 23.4 Å². The third-order valence-corrected chi connectivity index (χ3v) is 3.66. The summed E-state index contributed by atoms with van der Waals surface area (Å²) >= 11 is 4.92. The largest absolute Gasteiger partial charge is 0.388 e. The molecule has 0 spiro atoms. The summed E-state index contributed by atoms with van der Waals surface area (Å²) in [7, 11) is 0. The first-order valence-electron chi connectivity index (χ1n) is 6.51. The van der Waals surface area contributed by atoms with Gasteiger partial charge >= 0.3 is 0 Å². The van der Waals surface area contributed by atoms with Gasteiger partial charge in [0, 0.05) is 6.20 Å². The molecule has 1 aliphatic rings. The molecule has 0 amide bonds. The van der Waals surface area contributed by atoms with Crippen molar-refractivity contribution in [1.29, 1.82) is 0 Å². The molecule has 18 heavy (non-hydrogen) atoms. The van der Waals surface area contributed by atoms with Gasteiger partial charge in [0.05, 0.1) is 18.4 Å². The first-order valence-corrected chi connectivity index (χ1v) is 6.92. The van der Waals surface area contributed by atoms with Crippen LogP contribution in [0.25, 0.3) is 0 Å². The third-order valence-electron chi connectivity index (χ3n) is 3.45. The Morgan fingerprint density at radius 2 is 2.39 bits per heavy atom. The van der Waals surface area contributed by atoms with Gasteiger partial charge in [0.1, 0.15) is 4.99 Å². The van der Waals surface area contributed by atoms with Crippen molar-refractivity contribution < 1.29 is 4.74 Å². The molecule has 0 aliphatic heterocycles. The van der Waals surface area contributed by atoms with Gasteiger partial charge in [0.15, 0.2) is 0 Å². The van der Waals surface area contributed by atoms with Crippen LogP contribution in [0.3, 0.4) is 0 Å². The second-order valence-corrected chi connectivity index (χ2v) is 5.56. The highest BCUT2D eigenvalue weighted by molar-refractivity contribution is 7.80. The third kappa shape index (κ3) is 3.75.